The third-order valence-electron chi connectivity index (χ3n) is 3.62. The molecule has 1 N–H and O–H groups in total. The molecule has 0 heterocycles. The zero-order valence-electron chi connectivity index (χ0n) is 9.83. The van der Waals surface area contributed by atoms with Crippen LogP contribution in [0.3, 0.4) is 0 Å². The highest BCUT2D eigenvalue weighted by molar-refractivity contribution is 5.21. The number of benzene rings is 1. The van der Waals surface area contributed by atoms with Crippen LogP contribution < -0.4 is 0 Å². The topological polar surface area (TPSA) is 20.2 Å². The maximum absolute atomic E-state index is 13.5. The molecule has 0 aromatic heterocycles. The molecule has 1 unspecified atom stereocenters. The van der Waals surface area contributed by atoms with E-state index in [-0.39, 0.29) is 5.56 Å². The van der Waals surface area contributed by atoms with Gasteiger partial charge in [0, 0.05) is 5.56 Å². The highest BCUT2D eigenvalue weighted by Crippen LogP contribution is 2.32. The average Bonchev–Trinajstić information content (AvgIpc) is 2.34. The first-order valence-corrected chi connectivity index (χ1v) is 6.30. The quantitative estimate of drug-likeness (QED) is 0.847. The largest absolute Gasteiger partial charge is 0.388 e. The lowest BCUT2D eigenvalue weighted by Gasteiger charge is -2.24. The Morgan fingerprint density at radius 2 is 1.88 bits per heavy atom. The maximum Gasteiger partial charge on any atom is 0.164 e. The van der Waals surface area contributed by atoms with Gasteiger partial charge in [0.2, 0.25) is 0 Å². The number of aliphatic hydroxyl groups excluding tert-OH is 1. The minimum Gasteiger partial charge on any atom is -0.388 e. The van der Waals surface area contributed by atoms with E-state index in [2.05, 4.69) is 0 Å². The Morgan fingerprint density at radius 1 is 1.18 bits per heavy atom. The SMILES string of the molecule is OC(CC1CCCCC1)c1cccc(F)c1F. The van der Waals surface area contributed by atoms with Gasteiger partial charge in [-0.15, -0.1) is 0 Å². The van der Waals surface area contributed by atoms with Crippen molar-refractivity contribution in [1.29, 1.82) is 0 Å². The summed E-state index contributed by atoms with van der Waals surface area (Å²) in [6.07, 6.45) is 5.46. The molecule has 1 aromatic rings. The van der Waals surface area contributed by atoms with Gasteiger partial charge in [-0.2, -0.15) is 0 Å². The zero-order valence-corrected chi connectivity index (χ0v) is 9.83. The minimum absolute atomic E-state index is 0.0931. The third-order valence-corrected chi connectivity index (χ3v) is 3.62. The van der Waals surface area contributed by atoms with Crippen molar-refractivity contribution in [1.82, 2.24) is 0 Å². The number of hydrogen-bond acceptors (Lipinski definition) is 1. The first-order chi connectivity index (χ1) is 8.18. The molecule has 0 radical (unpaired) electrons. The van der Waals surface area contributed by atoms with E-state index in [9.17, 15) is 13.9 Å². The Kier molecular flexibility index (Phi) is 4.11. The van der Waals surface area contributed by atoms with Crippen LogP contribution in [0, 0.1) is 17.6 Å². The highest BCUT2D eigenvalue weighted by Gasteiger charge is 2.21. The highest BCUT2D eigenvalue weighted by atomic mass is 19.2. The minimum atomic E-state index is -0.907. The smallest absolute Gasteiger partial charge is 0.164 e. The lowest BCUT2D eigenvalue weighted by Crippen LogP contribution is -2.12. The second-order valence-electron chi connectivity index (χ2n) is 4.90. The van der Waals surface area contributed by atoms with Crippen LogP contribution in [0.25, 0.3) is 0 Å². The molecule has 94 valence electrons. The van der Waals surface area contributed by atoms with Crippen molar-refractivity contribution in [3.63, 3.8) is 0 Å². The maximum atomic E-state index is 13.5. The van der Waals surface area contributed by atoms with E-state index in [1.807, 2.05) is 0 Å². The number of hydrogen-bond donors (Lipinski definition) is 1. The monoisotopic (exact) mass is 240 g/mol. The van der Waals surface area contributed by atoms with Crippen molar-refractivity contribution in [2.45, 2.75) is 44.6 Å². The first-order valence-electron chi connectivity index (χ1n) is 6.30. The van der Waals surface area contributed by atoms with Gasteiger partial charge >= 0.3 is 0 Å². The van der Waals surface area contributed by atoms with Gasteiger partial charge in [-0.25, -0.2) is 8.78 Å². The molecule has 1 aromatic carbocycles. The summed E-state index contributed by atoms with van der Waals surface area (Å²) in [5.41, 5.74) is 0.0931. The first kappa shape index (κ1) is 12.5. The molecule has 1 aliphatic rings. The van der Waals surface area contributed by atoms with Gasteiger partial charge in [0.25, 0.3) is 0 Å². The lowest BCUT2D eigenvalue weighted by molar-refractivity contribution is 0.127. The predicted octanol–water partition coefficient (Wildman–Crippen LogP) is 3.97. The summed E-state index contributed by atoms with van der Waals surface area (Å²) < 4.78 is 26.5. The molecule has 2 rings (SSSR count). The Morgan fingerprint density at radius 3 is 2.59 bits per heavy atom. The Bertz CT molecular complexity index is 372. The molecule has 1 aliphatic carbocycles. The van der Waals surface area contributed by atoms with E-state index in [0.717, 1.165) is 18.9 Å². The van der Waals surface area contributed by atoms with Crippen LogP contribution in [-0.2, 0) is 0 Å². The molecular formula is C14H18F2O. The third kappa shape index (κ3) is 3.03. The predicted molar refractivity (Wildman–Crippen MR) is 62.5 cm³/mol. The van der Waals surface area contributed by atoms with E-state index in [1.165, 1.54) is 31.4 Å². The van der Waals surface area contributed by atoms with Gasteiger partial charge in [0.05, 0.1) is 6.10 Å². The lowest BCUT2D eigenvalue weighted by atomic mass is 9.84. The van der Waals surface area contributed by atoms with Crippen molar-refractivity contribution in [3.05, 3.63) is 35.4 Å². The fourth-order valence-electron chi connectivity index (χ4n) is 2.64. The van der Waals surface area contributed by atoms with E-state index in [0.29, 0.717) is 12.3 Å². The number of aliphatic hydroxyl groups is 1. The van der Waals surface area contributed by atoms with Gasteiger partial charge in [-0.05, 0) is 18.4 Å². The summed E-state index contributed by atoms with van der Waals surface area (Å²) in [7, 11) is 0. The molecule has 0 amide bonds. The van der Waals surface area contributed by atoms with E-state index < -0.39 is 17.7 Å². The second kappa shape index (κ2) is 5.58. The van der Waals surface area contributed by atoms with E-state index in [1.54, 1.807) is 0 Å². The molecule has 3 heteroatoms. The van der Waals surface area contributed by atoms with Crippen LogP contribution in [-0.4, -0.2) is 5.11 Å². The normalized spacial score (nSPS) is 19.2. The molecule has 1 saturated carbocycles. The van der Waals surface area contributed by atoms with Crippen LogP contribution >= 0.6 is 0 Å². The van der Waals surface area contributed by atoms with E-state index in [4.69, 9.17) is 0 Å². The average molecular weight is 240 g/mol. The van der Waals surface area contributed by atoms with Crippen molar-refractivity contribution in [2.75, 3.05) is 0 Å². The standard InChI is InChI=1S/C14H18F2O/c15-12-8-4-7-11(14(12)16)13(17)9-10-5-2-1-3-6-10/h4,7-8,10,13,17H,1-3,5-6,9H2. The molecule has 1 nitrogen and oxygen atoms in total. The Labute approximate surface area is 100 Å². The molecule has 0 bridgehead atoms. The van der Waals surface area contributed by atoms with Crippen LogP contribution in [0.5, 0.6) is 0 Å². The Hall–Kier alpha value is -0.960. The van der Waals surface area contributed by atoms with Crippen molar-refractivity contribution in [3.8, 4) is 0 Å². The molecular weight excluding hydrogens is 222 g/mol. The second-order valence-corrected chi connectivity index (χ2v) is 4.90. The van der Waals surface area contributed by atoms with Crippen molar-refractivity contribution < 1.29 is 13.9 Å². The van der Waals surface area contributed by atoms with Crippen molar-refractivity contribution in [2.24, 2.45) is 5.92 Å². The Balaban J connectivity index is 2.03. The van der Waals surface area contributed by atoms with Crippen LogP contribution in [0.4, 0.5) is 8.78 Å². The fourth-order valence-corrected chi connectivity index (χ4v) is 2.64. The molecule has 1 atom stereocenters. The summed E-state index contributed by atoms with van der Waals surface area (Å²) in [5, 5.41) is 9.97. The van der Waals surface area contributed by atoms with Crippen LogP contribution in [0.15, 0.2) is 18.2 Å². The number of halogens is 2. The molecule has 0 saturated heterocycles. The van der Waals surface area contributed by atoms with Gasteiger partial charge < -0.3 is 5.11 Å². The fraction of sp³-hybridized carbons (Fsp3) is 0.571. The van der Waals surface area contributed by atoms with Crippen molar-refractivity contribution >= 4 is 0 Å². The summed E-state index contributed by atoms with van der Waals surface area (Å²) >= 11 is 0. The van der Waals surface area contributed by atoms with Gasteiger partial charge in [-0.1, -0.05) is 44.2 Å². The van der Waals surface area contributed by atoms with Gasteiger partial charge in [-0.3, -0.25) is 0 Å². The van der Waals surface area contributed by atoms with E-state index >= 15 is 0 Å². The van der Waals surface area contributed by atoms with Gasteiger partial charge in [0.15, 0.2) is 11.6 Å². The molecule has 0 spiro atoms. The summed E-state index contributed by atoms with van der Waals surface area (Å²) in [5.74, 6) is -1.34. The molecule has 0 aliphatic heterocycles. The zero-order chi connectivity index (χ0) is 12.3. The van der Waals surface area contributed by atoms with Crippen LogP contribution in [0.2, 0.25) is 0 Å². The van der Waals surface area contributed by atoms with Crippen LogP contribution in [0.1, 0.15) is 50.2 Å². The summed E-state index contributed by atoms with van der Waals surface area (Å²) in [6.45, 7) is 0. The summed E-state index contributed by atoms with van der Waals surface area (Å²) in [4.78, 5) is 0. The number of rotatable bonds is 3. The molecule has 17 heavy (non-hydrogen) atoms. The summed E-state index contributed by atoms with van der Waals surface area (Å²) in [6, 6.07) is 3.98. The van der Waals surface area contributed by atoms with Gasteiger partial charge in [0.1, 0.15) is 0 Å². The molecule has 1 fully saturated rings.